The van der Waals surface area contributed by atoms with Crippen molar-refractivity contribution in [3.05, 3.63) is 12.2 Å². The number of alkyl halides is 1. The second kappa shape index (κ2) is 4.88. The fourth-order valence-corrected chi connectivity index (χ4v) is 1.81. The highest BCUT2D eigenvalue weighted by Crippen LogP contribution is 2.21. The van der Waals surface area contributed by atoms with E-state index < -0.39 is 0 Å². The average Bonchev–Trinajstić information content (AvgIpc) is 2.32. The lowest BCUT2D eigenvalue weighted by molar-refractivity contribution is 0.359. The van der Waals surface area contributed by atoms with Gasteiger partial charge in [-0.2, -0.15) is 0 Å². The van der Waals surface area contributed by atoms with E-state index in [0.29, 0.717) is 5.88 Å². The molecule has 0 bridgehead atoms. The quantitative estimate of drug-likeness (QED) is 0.485. The molecule has 2 heteroatoms. The van der Waals surface area contributed by atoms with E-state index in [1.807, 2.05) is 6.08 Å². The number of hydrogen-bond acceptors (Lipinski definition) is 1. The number of hydrogen-bond donors (Lipinski definition) is 0. The van der Waals surface area contributed by atoms with Gasteiger partial charge in [0.25, 0.3) is 0 Å². The zero-order valence-corrected chi connectivity index (χ0v) is 8.72. The molecule has 0 N–H and O–H groups in total. The molecule has 2 unspecified atom stereocenters. The molecule has 1 nitrogen and oxygen atoms in total. The largest absolute Gasteiger partial charge is 0.299 e. The third-order valence-corrected chi connectivity index (χ3v) is 2.86. The fraction of sp³-hybridized carbons (Fsp3) is 0.800. The molecule has 70 valence electrons. The minimum atomic E-state index is 0.638. The number of allylic oxidation sites excluding steroid dienone is 1. The highest BCUT2D eigenvalue weighted by atomic mass is 35.5. The van der Waals surface area contributed by atoms with Crippen LogP contribution >= 0.6 is 11.6 Å². The normalized spacial score (nSPS) is 31.9. The van der Waals surface area contributed by atoms with Crippen molar-refractivity contribution in [3.8, 4) is 0 Å². The van der Waals surface area contributed by atoms with Gasteiger partial charge in [-0.25, -0.2) is 0 Å². The molecule has 1 aliphatic heterocycles. The van der Waals surface area contributed by atoms with Crippen molar-refractivity contribution < 1.29 is 0 Å². The van der Waals surface area contributed by atoms with Gasteiger partial charge >= 0.3 is 0 Å². The molecule has 0 aromatic heterocycles. The molecule has 0 spiro atoms. The van der Waals surface area contributed by atoms with Crippen molar-refractivity contribution in [2.24, 2.45) is 11.8 Å². The topological polar surface area (TPSA) is 3.24 Å². The van der Waals surface area contributed by atoms with Crippen LogP contribution in [0.4, 0.5) is 0 Å². The van der Waals surface area contributed by atoms with E-state index in [1.165, 1.54) is 13.1 Å². The Kier molecular flexibility index (Phi) is 4.10. The molecule has 12 heavy (non-hydrogen) atoms. The predicted molar refractivity (Wildman–Crippen MR) is 54.6 cm³/mol. The van der Waals surface area contributed by atoms with E-state index in [-0.39, 0.29) is 0 Å². The van der Waals surface area contributed by atoms with E-state index in [4.69, 9.17) is 11.6 Å². The van der Waals surface area contributed by atoms with Gasteiger partial charge in [0.1, 0.15) is 0 Å². The molecule has 1 fully saturated rings. The summed E-state index contributed by atoms with van der Waals surface area (Å²) in [5, 5.41) is 0. The third kappa shape index (κ3) is 2.80. The van der Waals surface area contributed by atoms with Crippen molar-refractivity contribution in [2.45, 2.75) is 13.8 Å². The minimum Gasteiger partial charge on any atom is -0.299 e. The number of halogens is 1. The van der Waals surface area contributed by atoms with Crippen LogP contribution in [0, 0.1) is 11.8 Å². The van der Waals surface area contributed by atoms with Crippen LogP contribution < -0.4 is 0 Å². The van der Waals surface area contributed by atoms with Gasteiger partial charge < -0.3 is 0 Å². The maximum Gasteiger partial charge on any atom is 0.0404 e. The summed E-state index contributed by atoms with van der Waals surface area (Å²) in [5.41, 5.74) is 0. The first-order chi connectivity index (χ1) is 5.74. The number of nitrogens with zero attached hydrogens (tertiary/aromatic N) is 1. The first-order valence-corrected chi connectivity index (χ1v) is 5.20. The summed E-state index contributed by atoms with van der Waals surface area (Å²) in [6, 6.07) is 0. The Morgan fingerprint density at radius 2 is 1.83 bits per heavy atom. The predicted octanol–water partition coefficient (Wildman–Crippen LogP) is 2.37. The Labute approximate surface area is 80.4 Å². The van der Waals surface area contributed by atoms with Crippen molar-refractivity contribution >= 4 is 11.6 Å². The van der Waals surface area contributed by atoms with Crippen LogP contribution in [0.1, 0.15) is 13.8 Å². The fourth-order valence-electron chi connectivity index (χ4n) is 1.68. The maximum absolute atomic E-state index is 5.54. The van der Waals surface area contributed by atoms with Gasteiger partial charge in [-0.1, -0.05) is 26.0 Å². The van der Waals surface area contributed by atoms with E-state index in [1.54, 1.807) is 0 Å². The van der Waals surface area contributed by atoms with Crippen LogP contribution in [0.15, 0.2) is 12.2 Å². The van der Waals surface area contributed by atoms with Gasteiger partial charge in [-0.05, 0) is 11.8 Å². The average molecular weight is 188 g/mol. The standard InChI is InChI=1S/C10H18ClN/c1-9-7-12(8-10(9)2)6-4-3-5-11/h3-4,9-10H,5-8H2,1-2H3. The van der Waals surface area contributed by atoms with Crippen LogP contribution in [0.5, 0.6) is 0 Å². The smallest absolute Gasteiger partial charge is 0.0404 e. The molecule has 0 amide bonds. The monoisotopic (exact) mass is 187 g/mol. The molecule has 0 aromatic carbocycles. The lowest BCUT2D eigenvalue weighted by Crippen LogP contribution is -2.20. The van der Waals surface area contributed by atoms with Crippen molar-refractivity contribution in [1.82, 2.24) is 4.90 Å². The molecule has 2 atom stereocenters. The molecule has 1 rings (SSSR count). The molecule has 1 heterocycles. The molecular formula is C10H18ClN. The lowest BCUT2D eigenvalue weighted by Gasteiger charge is -2.11. The summed E-state index contributed by atoms with van der Waals surface area (Å²) in [6.45, 7) is 8.22. The second-order valence-corrected chi connectivity index (χ2v) is 4.11. The summed E-state index contributed by atoms with van der Waals surface area (Å²) in [7, 11) is 0. The number of likely N-dealkylation sites (tertiary alicyclic amines) is 1. The number of rotatable bonds is 3. The Morgan fingerprint density at radius 3 is 2.33 bits per heavy atom. The Morgan fingerprint density at radius 1 is 1.25 bits per heavy atom. The van der Waals surface area contributed by atoms with Gasteiger partial charge in [0.2, 0.25) is 0 Å². The lowest BCUT2D eigenvalue weighted by atomic mass is 10.0. The molecule has 0 radical (unpaired) electrons. The van der Waals surface area contributed by atoms with Crippen LogP contribution in [-0.2, 0) is 0 Å². The van der Waals surface area contributed by atoms with E-state index >= 15 is 0 Å². The Bertz CT molecular complexity index is 146. The van der Waals surface area contributed by atoms with Gasteiger partial charge in [0.05, 0.1) is 0 Å². The summed E-state index contributed by atoms with van der Waals surface area (Å²) >= 11 is 5.54. The second-order valence-electron chi connectivity index (χ2n) is 3.80. The van der Waals surface area contributed by atoms with Crippen LogP contribution in [0.3, 0.4) is 0 Å². The molecule has 0 saturated carbocycles. The van der Waals surface area contributed by atoms with Crippen molar-refractivity contribution in [2.75, 3.05) is 25.5 Å². The molecular weight excluding hydrogens is 170 g/mol. The van der Waals surface area contributed by atoms with E-state index in [9.17, 15) is 0 Å². The van der Waals surface area contributed by atoms with Crippen molar-refractivity contribution in [3.63, 3.8) is 0 Å². The summed E-state index contributed by atoms with van der Waals surface area (Å²) < 4.78 is 0. The van der Waals surface area contributed by atoms with Crippen LogP contribution in [0.2, 0.25) is 0 Å². The highest BCUT2D eigenvalue weighted by molar-refractivity contribution is 6.18. The zero-order chi connectivity index (χ0) is 8.97. The Hall–Kier alpha value is -0.0100. The van der Waals surface area contributed by atoms with Gasteiger partial charge in [-0.3, -0.25) is 4.90 Å². The molecule has 1 aliphatic rings. The summed E-state index contributed by atoms with van der Waals surface area (Å²) in [4.78, 5) is 2.48. The SMILES string of the molecule is CC1CN(CC=CCCl)CC1C. The third-order valence-electron chi connectivity index (χ3n) is 2.68. The first kappa shape index (κ1) is 10.1. The van der Waals surface area contributed by atoms with Crippen molar-refractivity contribution in [1.29, 1.82) is 0 Å². The minimum absolute atomic E-state index is 0.638. The van der Waals surface area contributed by atoms with Gasteiger partial charge in [0, 0.05) is 25.5 Å². The molecule has 1 saturated heterocycles. The first-order valence-electron chi connectivity index (χ1n) is 4.67. The van der Waals surface area contributed by atoms with E-state index in [2.05, 4.69) is 24.8 Å². The molecule has 0 aliphatic carbocycles. The Balaban J connectivity index is 2.23. The van der Waals surface area contributed by atoms with Crippen LogP contribution in [0.25, 0.3) is 0 Å². The summed E-state index contributed by atoms with van der Waals surface area (Å²) in [6.07, 6.45) is 4.19. The molecule has 0 aromatic rings. The van der Waals surface area contributed by atoms with Crippen LogP contribution in [-0.4, -0.2) is 30.4 Å². The van der Waals surface area contributed by atoms with Gasteiger partial charge in [0.15, 0.2) is 0 Å². The zero-order valence-electron chi connectivity index (χ0n) is 7.96. The van der Waals surface area contributed by atoms with E-state index in [0.717, 1.165) is 18.4 Å². The van der Waals surface area contributed by atoms with Gasteiger partial charge in [-0.15, -0.1) is 11.6 Å². The summed E-state index contributed by atoms with van der Waals surface area (Å²) in [5.74, 6) is 2.35. The highest BCUT2D eigenvalue weighted by Gasteiger charge is 2.24. The maximum atomic E-state index is 5.54.